The van der Waals surface area contributed by atoms with Crippen molar-refractivity contribution in [1.82, 2.24) is 0 Å². The normalized spacial score (nSPS) is 20.9. The first-order valence-electron chi connectivity index (χ1n) is 6.81. The van der Waals surface area contributed by atoms with Crippen LogP contribution < -0.4 is 17.0 Å². The van der Waals surface area contributed by atoms with Crippen molar-refractivity contribution in [2.75, 3.05) is 19.8 Å². The van der Waals surface area contributed by atoms with Gasteiger partial charge in [-0.2, -0.15) is 0 Å². The zero-order chi connectivity index (χ0) is 15.4. The highest BCUT2D eigenvalue weighted by atomic mass is 79.9. The minimum Gasteiger partial charge on any atom is -1.00 e. The summed E-state index contributed by atoms with van der Waals surface area (Å²) in [5, 5.41) is 9.20. The summed E-state index contributed by atoms with van der Waals surface area (Å²) in [6.07, 6.45) is 2.13. The maximum atomic E-state index is 10.8. The van der Waals surface area contributed by atoms with Gasteiger partial charge in [-0.05, 0) is 5.56 Å². The first kappa shape index (κ1) is 19.3. The number of aliphatic carboxylic acids is 1. The molecule has 0 spiro atoms. The lowest BCUT2D eigenvalue weighted by Gasteiger charge is -2.27. The smallest absolute Gasteiger partial charge is 0.313 e. The van der Waals surface area contributed by atoms with E-state index in [1.807, 2.05) is 20.2 Å². The Labute approximate surface area is 150 Å². The second-order valence-electron chi connectivity index (χ2n) is 5.20. The van der Waals surface area contributed by atoms with E-state index in [1.165, 1.54) is 23.0 Å². The Balaban J connectivity index is 0.00000242. The van der Waals surface area contributed by atoms with Crippen LogP contribution in [0.4, 0.5) is 0 Å². The lowest BCUT2D eigenvalue weighted by atomic mass is 9.95. The van der Waals surface area contributed by atoms with Gasteiger partial charge in [0.05, 0.1) is 11.7 Å². The van der Waals surface area contributed by atoms with Crippen LogP contribution in [0.1, 0.15) is 17.7 Å². The van der Waals surface area contributed by atoms with Crippen LogP contribution in [0, 0.1) is 5.92 Å². The highest BCUT2D eigenvalue weighted by Gasteiger charge is 2.33. The summed E-state index contributed by atoms with van der Waals surface area (Å²) in [4.78, 5) is 10.8. The number of halogens is 1. The number of allylic oxidation sites excluding steroid dienone is 1. The van der Waals surface area contributed by atoms with Gasteiger partial charge in [-0.15, -0.1) is 23.5 Å². The van der Waals surface area contributed by atoms with Gasteiger partial charge < -0.3 is 22.1 Å². The third-order valence-electron chi connectivity index (χ3n) is 3.41. The Kier molecular flexibility index (Phi) is 7.72. The lowest BCUT2D eigenvalue weighted by Crippen LogP contribution is -3.00. The number of thioether (sulfide) groups is 2. The molecule has 1 aliphatic heterocycles. The van der Waals surface area contributed by atoms with E-state index in [0.717, 1.165) is 4.24 Å². The van der Waals surface area contributed by atoms with Crippen molar-refractivity contribution >= 4 is 35.2 Å². The van der Waals surface area contributed by atoms with E-state index in [2.05, 4.69) is 41.8 Å². The fraction of sp³-hybridized carbons (Fsp3) is 0.375. The SMILES string of the molecule is CC1C(=[N+](C)C)C=C(SCC(=O)O)SC1c1ccccc1.[Br-]. The minimum atomic E-state index is -0.775. The van der Waals surface area contributed by atoms with Gasteiger partial charge in [-0.3, -0.25) is 4.79 Å². The first-order valence-corrected chi connectivity index (χ1v) is 8.67. The molecule has 1 aromatic carbocycles. The number of hydrogen-bond acceptors (Lipinski definition) is 3. The molecule has 1 aromatic rings. The maximum absolute atomic E-state index is 10.8. The molecule has 2 atom stereocenters. The Morgan fingerprint density at radius 3 is 2.50 bits per heavy atom. The molecule has 0 fully saturated rings. The average Bonchev–Trinajstić information content (AvgIpc) is 2.46. The van der Waals surface area contributed by atoms with Crippen LogP contribution in [-0.4, -0.2) is 41.2 Å². The van der Waals surface area contributed by atoms with Gasteiger partial charge in [0.15, 0.2) is 5.71 Å². The molecule has 1 N–H and O–H groups in total. The largest absolute Gasteiger partial charge is 1.00 e. The zero-order valence-electron chi connectivity index (χ0n) is 12.8. The molecule has 0 aliphatic carbocycles. The van der Waals surface area contributed by atoms with Gasteiger partial charge in [-0.1, -0.05) is 37.3 Å². The second kappa shape index (κ2) is 8.79. The predicted molar refractivity (Wildman–Crippen MR) is 91.2 cm³/mol. The highest BCUT2D eigenvalue weighted by Crippen LogP contribution is 2.48. The average molecular weight is 402 g/mol. The summed E-state index contributed by atoms with van der Waals surface area (Å²) in [6, 6.07) is 10.4. The molecule has 2 unspecified atom stereocenters. The third-order valence-corrected chi connectivity index (χ3v) is 6.13. The number of rotatable bonds is 4. The van der Waals surface area contributed by atoms with E-state index in [0.29, 0.717) is 11.2 Å². The van der Waals surface area contributed by atoms with Crippen LogP contribution in [0.25, 0.3) is 0 Å². The maximum Gasteiger partial charge on any atom is 0.313 e. The van der Waals surface area contributed by atoms with Crippen LogP contribution in [-0.2, 0) is 4.79 Å². The standard InChI is InChI=1S/C16H19NO2S2.BrH/c1-11-13(17(2)3)9-15(20-10-14(18)19)21-16(11)12-7-5-4-6-8-12;/h4-9,11,16H,10H2,1-3H3;1H. The summed E-state index contributed by atoms with van der Waals surface area (Å²) < 4.78 is 3.20. The van der Waals surface area contributed by atoms with Gasteiger partial charge >= 0.3 is 5.97 Å². The van der Waals surface area contributed by atoms with Gasteiger partial charge in [0, 0.05) is 15.6 Å². The van der Waals surface area contributed by atoms with E-state index in [-0.39, 0.29) is 22.7 Å². The Morgan fingerprint density at radius 1 is 1.32 bits per heavy atom. The van der Waals surface area contributed by atoms with E-state index in [9.17, 15) is 4.79 Å². The van der Waals surface area contributed by atoms with Crippen molar-refractivity contribution in [3.8, 4) is 0 Å². The van der Waals surface area contributed by atoms with Gasteiger partial charge in [0.25, 0.3) is 0 Å². The summed E-state index contributed by atoms with van der Waals surface area (Å²) in [5.41, 5.74) is 2.53. The molecule has 0 saturated carbocycles. The Hall–Kier alpha value is -0.720. The molecule has 2 rings (SSSR count). The van der Waals surface area contributed by atoms with Crippen LogP contribution >= 0.6 is 23.5 Å². The predicted octanol–water partition coefficient (Wildman–Crippen LogP) is 0.487. The molecule has 22 heavy (non-hydrogen) atoms. The lowest BCUT2D eigenvalue weighted by molar-refractivity contribution is -0.466. The number of nitrogens with zero attached hydrogens (tertiary/aromatic N) is 1. The fourth-order valence-corrected chi connectivity index (χ4v) is 4.72. The summed E-state index contributed by atoms with van der Waals surface area (Å²) in [7, 11) is 4.08. The molecule has 0 saturated heterocycles. The van der Waals surface area contributed by atoms with Crippen molar-refractivity contribution < 1.29 is 31.5 Å². The monoisotopic (exact) mass is 401 g/mol. The molecular formula is C16H20BrNO2S2. The molecule has 0 aromatic heterocycles. The van der Waals surface area contributed by atoms with Crippen LogP contribution in [0.2, 0.25) is 0 Å². The van der Waals surface area contributed by atoms with Crippen molar-refractivity contribution in [3.63, 3.8) is 0 Å². The van der Waals surface area contributed by atoms with Crippen LogP contribution in [0.3, 0.4) is 0 Å². The van der Waals surface area contributed by atoms with Crippen molar-refractivity contribution in [2.24, 2.45) is 5.92 Å². The molecule has 120 valence electrons. The number of carboxylic acid groups (broad SMARTS) is 1. The number of carbonyl (C=O) groups is 1. The van der Waals surface area contributed by atoms with Crippen molar-refractivity contribution in [2.45, 2.75) is 12.2 Å². The molecule has 3 nitrogen and oxygen atoms in total. The molecule has 0 bridgehead atoms. The molecule has 1 aliphatic rings. The molecule has 0 amide bonds. The minimum absolute atomic E-state index is 0. The van der Waals surface area contributed by atoms with Crippen molar-refractivity contribution in [3.05, 3.63) is 46.2 Å². The Morgan fingerprint density at radius 2 is 1.95 bits per heavy atom. The first-order chi connectivity index (χ1) is 9.99. The second-order valence-corrected chi connectivity index (χ2v) is 7.66. The van der Waals surface area contributed by atoms with E-state index < -0.39 is 5.97 Å². The van der Waals surface area contributed by atoms with Crippen LogP contribution in [0.15, 0.2) is 40.6 Å². The van der Waals surface area contributed by atoms with Gasteiger partial charge in [0.2, 0.25) is 0 Å². The van der Waals surface area contributed by atoms with E-state index in [1.54, 1.807) is 11.8 Å². The summed E-state index contributed by atoms with van der Waals surface area (Å²) in [6.45, 7) is 2.23. The molecule has 0 radical (unpaired) electrons. The summed E-state index contributed by atoms with van der Waals surface area (Å²) >= 11 is 3.17. The zero-order valence-corrected chi connectivity index (χ0v) is 16.0. The Bertz CT molecular complexity index is 583. The highest BCUT2D eigenvalue weighted by molar-refractivity contribution is 8.22. The molecule has 1 heterocycles. The number of benzene rings is 1. The third kappa shape index (κ3) is 4.89. The summed E-state index contributed by atoms with van der Waals surface area (Å²) in [5.74, 6) is -0.278. The van der Waals surface area contributed by atoms with Crippen LogP contribution in [0.5, 0.6) is 0 Å². The topological polar surface area (TPSA) is 40.3 Å². The quantitative estimate of drug-likeness (QED) is 0.745. The number of hydrogen-bond donors (Lipinski definition) is 1. The fourth-order valence-electron chi connectivity index (χ4n) is 2.41. The van der Waals surface area contributed by atoms with Crippen molar-refractivity contribution in [1.29, 1.82) is 0 Å². The number of carboxylic acids is 1. The van der Waals surface area contributed by atoms with E-state index >= 15 is 0 Å². The molecular weight excluding hydrogens is 382 g/mol. The van der Waals surface area contributed by atoms with Gasteiger partial charge in [0.1, 0.15) is 14.1 Å². The van der Waals surface area contributed by atoms with Gasteiger partial charge in [-0.25, -0.2) is 4.58 Å². The molecule has 6 heteroatoms. The van der Waals surface area contributed by atoms with E-state index in [4.69, 9.17) is 5.11 Å².